The average Bonchev–Trinajstić information content (AvgIpc) is 2.44. The van der Waals surface area contributed by atoms with Gasteiger partial charge in [0.2, 0.25) is 5.91 Å². The molecule has 0 atom stereocenters. The van der Waals surface area contributed by atoms with Crippen LogP contribution in [0.2, 0.25) is 0 Å². The Bertz CT molecular complexity index is 857. The number of hydrogen-bond acceptors (Lipinski definition) is 4. The van der Waals surface area contributed by atoms with E-state index < -0.39 is 10.0 Å². The summed E-state index contributed by atoms with van der Waals surface area (Å²) in [5.41, 5.74) is 2.95. The van der Waals surface area contributed by atoms with E-state index in [1.165, 1.54) is 30.8 Å². The summed E-state index contributed by atoms with van der Waals surface area (Å²) in [7, 11) is -3.74. The van der Waals surface area contributed by atoms with Crippen molar-refractivity contribution in [1.82, 2.24) is 0 Å². The number of carbonyl (C=O) groups excluding carboxylic acids is 1. The van der Waals surface area contributed by atoms with E-state index in [9.17, 15) is 13.2 Å². The topological polar surface area (TPSA) is 75.3 Å². The van der Waals surface area contributed by atoms with Gasteiger partial charge in [-0.25, -0.2) is 8.42 Å². The monoisotopic (exact) mass is 364 g/mol. The Morgan fingerprint density at radius 2 is 1.67 bits per heavy atom. The summed E-state index contributed by atoms with van der Waals surface area (Å²) in [6.07, 6.45) is 1.86. The molecule has 7 heteroatoms. The molecule has 0 fully saturated rings. The number of carbonyl (C=O) groups is 1. The lowest BCUT2D eigenvalue weighted by Crippen LogP contribution is -2.14. The van der Waals surface area contributed by atoms with E-state index in [1.54, 1.807) is 18.2 Å². The maximum Gasteiger partial charge on any atom is 0.261 e. The Hall–Kier alpha value is -1.99. The predicted molar refractivity (Wildman–Crippen MR) is 99.3 cm³/mol. The van der Waals surface area contributed by atoms with E-state index in [4.69, 9.17) is 0 Å². The molecular weight excluding hydrogens is 344 g/mol. The quantitative estimate of drug-likeness (QED) is 0.792. The van der Waals surface area contributed by atoms with Gasteiger partial charge in [0.05, 0.1) is 10.6 Å². The van der Waals surface area contributed by atoms with E-state index in [-0.39, 0.29) is 10.8 Å². The van der Waals surface area contributed by atoms with Crippen molar-refractivity contribution in [3.8, 4) is 0 Å². The number of aryl methyl sites for hydroxylation is 2. The predicted octanol–water partition coefficient (Wildman–Crippen LogP) is 3.78. The molecule has 0 heterocycles. The molecule has 0 saturated carbocycles. The first-order valence-electron chi connectivity index (χ1n) is 7.28. The third kappa shape index (κ3) is 4.52. The highest BCUT2D eigenvalue weighted by Gasteiger charge is 2.17. The second-order valence-electron chi connectivity index (χ2n) is 5.53. The van der Waals surface area contributed by atoms with Crippen LogP contribution in [0.5, 0.6) is 0 Å². The van der Waals surface area contributed by atoms with Crippen LogP contribution in [-0.4, -0.2) is 20.6 Å². The summed E-state index contributed by atoms with van der Waals surface area (Å²) >= 11 is 1.43. The van der Waals surface area contributed by atoms with E-state index in [0.717, 1.165) is 16.0 Å². The van der Waals surface area contributed by atoms with Gasteiger partial charge in [-0.1, -0.05) is 6.07 Å². The Morgan fingerprint density at radius 1 is 1.04 bits per heavy atom. The van der Waals surface area contributed by atoms with Gasteiger partial charge >= 0.3 is 0 Å². The van der Waals surface area contributed by atoms with Crippen molar-refractivity contribution < 1.29 is 13.2 Å². The molecule has 0 aromatic heterocycles. The number of anilines is 2. The standard InChI is InChI=1S/C17H20N2O3S2/c1-11-7-12(2)9-14(8-11)19-24(21,22)15-5-6-17(23-4)16(10-15)18-13(3)20/h5-10,19H,1-4H3,(H,18,20). The second-order valence-corrected chi connectivity index (χ2v) is 8.06. The highest BCUT2D eigenvalue weighted by molar-refractivity contribution is 7.98. The van der Waals surface area contributed by atoms with Crippen LogP contribution in [0.1, 0.15) is 18.1 Å². The number of sulfonamides is 1. The maximum atomic E-state index is 12.6. The molecule has 5 nitrogen and oxygen atoms in total. The van der Waals surface area contributed by atoms with Crippen LogP contribution in [-0.2, 0) is 14.8 Å². The van der Waals surface area contributed by atoms with Gasteiger partial charge in [-0.05, 0) is 61.6 Å². The molecule has 0 aliphatic carbocycles. The summed E-state index contributed by atoms with van der Waals surface area (Å²) in [6.45, 7) is 5.21. The first kappa shape index (κ1) is 18.4. The molecule has 0 spiro atoms. The molecule has 2 aromatic carbocycles. The van der Waals surface area contributed by atoms with Crippen LogP contribution in [0.15, 0.2) is 46.2 Å². The van der Waals surface area contributed by atoms with Crippen LogP contribution in [0.25, 0.3) is 0 Å². The van der Waals surface area contributed by atoms with Gasteiger partial charge in [-0.2, -0.15) is 0 Å². The zero-order chi connectivity index (χ0) is 17.9. The molecule has 2 rings (SSSR count). The minimum atomic E-state index is -3.74. The van der Waals surface area contributed by atoms with Crippen LogP contribution in [0.3, 0.4) is 0 Å². The zero-order valence-corrected chi connectivity index (χ0v) is 15.6. The lowest BCUT2D eigenvalue weighted by molar-refractivity contribution is -0.114. The summed E-state index contributed by atoms with van der Waals surface area (Å²) in [4.78, 5) is 12.2. The average molecular weight is 364 g/mol. The van der Waals surface area contributed by atoms with Crippen LogP contribution < -0.4 is 10.0 Å². The van der Waals surface area contributed by atoms with Gasteiger partial charge in [0.1, 0.15) is 0 Å². The maximum absolute atomic E-state index is 12.6. The van der Waals surface area contributed by atoms with Gasteiger partial charge in [0.15, 0.2) is 0 Å². The number of hydrogen-bond donors (Lipinski definition) is 2. The number of amides is 1. The highest BCUT2D eigenvalue weighted by Crippen LogP contribution is 2.29. The summed E-state index contributed by atoms with van der Waals surface area (Å²) in [5.74, 6) is -0.248. The Morgan fingerprint density at radius 3 is 2.21 bits per heavy atom. The first-order chi connectivity index (χ1) is 11.2. The van der Waals surface area contributed by atoms with Crippen molar-refractivity contribution in [1.29, 1.82) is 0 Å². The molecule has 2 aromatic rings. The molecule has 1 amide bonds. The normalized spacial score (nSPS) is 11.2. The summed E-state index contributed by atoms with van der Waals surface area (Å²) in [5, 5.41) is 2.67. The van der Waals surface area contributed by atoms with Crippen molar-refractivity contribution in [3.05, 3.63) is 47.5 Å². The molecule has 0 unspecified atom stereocenters. The lowest BCUT2D eigenvalue weighted by Gasteiger charge is -2.13. The SMILES string of the molecule is CSc1ccc(S(=O)(=O)Nc2cc(C)cc(C)c2)cc1NC(C)=O. The Kier molecular flexibility index (Phi) is 5.56. The van der Waals surface area contributed by atoms with Gasteiger partial charge < -0.3 is 5.32 Å². The third-order valence-corrected chi connectivity index (χ3v) is 5.44. The third-order valence-electron chi connectivity index (χ3n) is 3.27. The van der Waals surface area contributed by atoms with Crippen LogP contribution >= 0.6 is 11.8 Å². The summed E-state index contributed by atoms with van der Waals surface area (Å²) < 4.78 is 27.8. The molecule has 0 radical (unpaired) electrons. The fraction of sp³-hybridized carbons (Fsp3) is 0.235. The van der Waals surface area contributed by atoms with Gasteiger partial charge in [-0.3, -0.25) is 9.52 Å². The fourth-order valence-electron chi connectivity index (χ4n) is 2.39. The summed E-state index contributed by atoms with van der Waals surface area (Å²) in [6, 6.07) is 10.2. The molecule has 0 bridgehead atoms. The number of nitrogens with one attached hydrogen (secondary N) is 2. The lowest BCUT2D eigenvalue weighted by atomic mass is 10.1. The van der Waals surface area contributed by atoms with Crippen molar-refractivity contribution in [2.24, 2.45) is 0 Å². The largest absolute Gasteiger partial charge is 0.325 e. The molecule has 2 N–H and O–H groups in total. The molecule has 0 aliphatic heterocycles. The van der Waals surface area contributed by atoms with Crippen LogP contribution in [0, 0.1) is 13.8 Å². The van der Waals surface area contributed by atoms with Crippen molar-refractivity contribution in [3.63, 3.8) is 0 Å². The zero-order valence-electron chi connectivity index (χ0n) is 14.0. The van der Waals surface area contributed by atoms with Crippen molar-refractivity contribution in [2.45, 2.75) is 30.6 Å². The molecular formula is C17H20N2O3S2. The van der Waals surface area contributed by atoms with Crippen molar-refractivity contribution >= 4 is 39.1 Å². The minimum Gasteiger partial charge on any atom is -0.325 e. The number of rotatable bonds is 5. The number of benzene rings is 2. The van der Waals surface area contributed by atoms with E-state index >= 15 is 0 Å². The van der Waals surface area contributed by atoms with E-state index in [1.807, 2.05) is 26.2 Å². The van der Waals surface area contributed by atoms with Gasteiger partial charge in [0.25, 0.3) is 10.0 Å². The van der Waals surface area contributed by atoms with Crippen LogP contribution in [0.4, 0.5) is 11.4 Å². The van der Waals surface area contributed by atoms with Gasteiger partial charge in [-0.15, -0.1) is 11.8 Å². The molecule has 0 aliphatic rings. The first-order valence-corrected chi connectivity index (χ1v) is 9.99. The van der Waals surface area contributed by atoms with E-state index in [0.29, 0.717) is 11.4 Å². The van der Waals surface area contributed by atoms with Crippen molar-refractivity contribution in [2.75, 3.05) is 16.3 Å². The fourth-order valence-corrected chi connectivity index (χ4v) is 3.99. The molecule has 24 heavy (non-hydrogen) atoms. The Balaban J connectivity index is 2.39. The van der Waals surface area contributed by atoms with E-state index in [2.05, 4.69) is 10.0 Å². The molecule has 0 saturated heterocycles. The second kappa shape index (κ2) is 7.27. The minimum absolute atomic E-state index is 0.100. The Labute approximate surface area is 146 Å². The number of thioether (sulfide) groups is 1. The highest BCUT2D eigenvalue weighted by atomic mass is 32.2. The smallest absolute Gasteiger partial charge is 0.261 e. The van der Waals surface area contributed by atoms with Gasteiger partial charge in [0, 0.05) is 17.5 Å². The molecule has 128 valence electrons.